The van der Waals surface area contributed by atoms with Crippen LogP contribution in [0.25, 0.3) is 0 Å². The Balaban J connectivity index is 4.61. The van der Waals surface area contributed by atoms with Gasteiger partial charge in [-0.1, -0.05) is 43.0 Å². The highest BCUT2D eigenvalue weighted by Crippen LogP contribution is 2.11. The van der Waals surface area contributed by atoms with E-state index in [0.29, 0.717) is 0 Å². The van der Waals surface area contributed by atoms with Gasteiger partial charge in [0.15, 0.2) is 0 Å². The average Bonchev–Trinajstić information content (AvgIpc) is 2.64. The van der Waals surface area contributed by atoms with Gasteiger partial charge in [0.05, 0.1) is 20.0 Å². The van der Waals surface area contributed by atoms with Gasteiger partial charge < -0.3 is 14.8 Å². The molecule has 3 nitrogen and oxygen atoms in total. The van der Waals surface area contributed by atoms with Crippen LogP contribution in [0, 0.1) is 0 Å². The van der Waals surface area contributed by atoms with Gasteiger partial charge in [-0.05, 0) is 57.3 Å². The molecule has 0 aromatic rings. The standard InChI is InChI=1S/C22H35NO2/c1-7-10-11-20(8-2)14-16-23-17-15-21(13-12-19(4)24-5)18-22(9-3)25-6/h7-8,11-12,23H,1-2,9-10,13-17H2,3-6H3/b19-12+,20-11+. The molecule has 0 saturated heterocycles. The number of methoxy groups -OCH3 is 2. The summed E-state index contributed by atoms with van der Waals surface area (Å²) in [5.74, 6) is 1.81. The smallest absolute Gasteiger partial charge is 0.137 e. The summed E-state index contributed by atoms with van der Waals surface area (Å²) in [5, 5.41) is 3.49. The van der Waals surface area contributed by atoms with Crippen LogP contribution in [0.15, 0.2) is 65.9 Å². The Bertz CT molecular complexity index is 514. The van der Waals surface area contributed by atoms with Gasteiger partial charge >= 0.3 is 0 Å². The SMILES string of the molecule is C=CC/C=C(\C=C)CCNCCC(=C=C(CC)OC)C/C=C(\C)OC. The molecule has 0 amide bonds. The molecule has 0 heterocycles. The zero-order chi connectivity index (χ0) is 18.9. The van der Waals surface area contributed by atoms with Crippen molar-refractivity contribution in [3.63, 3.8) is 0 Å². The maximum Gasteiger partial charge on any atom is 0.137 e. The lowest BCUT2D eigenvalue weighted by Gasteiger charge is -2.08. The van der Waals surface area contributed by atoms with E-state index in [4.69, 9.17) is 9.47 Å². The summed E-state index contributed by atoms with van der Waals surface area (Å²) in [6, 6.07) is 0. The molecule has 0 aromatic carbocycles. The van der Waals surface area contributed by atoms with Crippen molar-refractivity contribution in [2.45, 2.75) is 46.0 Å². The Morgan fingerprint density at radius 3 is 2.36 bits per heavy atom. The molecular formula is C22H35NO2. The first-order chi connectivity index (χ1) is 12.1. The molecule has 3 heteroatoms. The van der Waals surface area contributed by atoms with Gasteiger partial charge in [-0.2, -0.15) is 0 Å². The molecule has 0 atom stereocenters. The van der Waals surface area contributed by atoms with E-state index >= 15 is 0 Å². The summed E-state index contributed by atoms with van der Waals surface area (Å²) >= 11 is 0. The minimum atomic E-state index is 0.825. The fraction of sp³-hybridized carbons (Fsp3) is 0.500. The van der Waals surface area contributed by atoms with Gasteiger partial charge in [0.1, 0.15) is 5.76 Å². The highest BCUT2D eigenvalue weighted by molar-refractivity contribution is 5.17. The third-order valence-corrected chi connectivity index (χ3v) is 3.84. The quantitative estimate of drug-likeness (QED) is 0.149. The van der Waals surface area contributed by atoms with Crippen LogP contribution in [-0.2, 0) is 9.47 Å². The first-order valence-corrected chi connectivity index (χ1v) is 8.96. The molecule has 0 aromatic heterocycles. The van der Waals surface area contributed by atoms with Crippen molar-refractivity contribution >= 4 is 0 Å². The highest BCUT2D eigenvalue weighted by atomic mass is 16.5. The topological polar surface area (TPSA) is 30.5 Å². The molecular weight excluding hydrogens is 310 g/mol. The van der Waals surface area contributed by atoms with Crippen molar-refractivity contribution in [2.75, 3.05) is 27.3 Å². The Hall–Kier alpha value is -1.96. The zero-order valence-electron chi connectivity index (χ0n) is 16.5. The molecule has 0 fully saturated rings. The molecule has 0 spiro atoms. The summed E-state index contributed by atoms with van der Waals surface area (Å²) in [5.41, 5.74) is 5.88. The molecule has 0 unspecified atom stereocenters. The van der Waals surface area contributed by atoms with Crippen LogP contribution in [0.3, 0.4) is 0 Å². The fourth-order valence-electron chi connectivity index (χ4n) is 2.17. The van der Waals surface area contributed by atoms with E-state index in [1.165, 1.54) is 11.1 Å². The van der Waals surface area contributed by atoms with E-state index in [-0.39, 0.29) is 0 Å². The predicted molar refractivity (Wildman–Crippen MR) is 108 cm³/mol. The van der Waals surface area contributed by atoms with Crippen molar-refractivity contribution < 1.29 is 9.47 Å². The van der Waals surface area contributed by atoms with Gasteiger partial charge in [-0.15, -0.1) is 6.58 Å². The Morgan fingerprint density at radius 2 is 1.80 bits per heavy atom. The predicted octanol–water partition coefficient (Wildman–Crippen LogP) is 5.45. The first-order valence-electron chi connectivity index (χ1n) is 8.96. The van der Waals surface area contributed by atoms with Crippen LogP contribution in [0.1, 0.15) is 46.0 Å². The van der Waals surface area contributed by atoms with Crippen molar-refractivity contribution in [2.24, 2.45) is 0 Å². The summed E-state index contributed by atoms with van der Waals surface area (Å²) in [7, 11) is 3.39. The van der Waals surface area contributed by atoms with Crippen molar-refractivity contribution in [1.82, 2.24) is 5.32 Å². The minimum Gasteiger partial charge on any atom is -0.502 e. The Kier molecular flexibility index (Phi) is 14.3. The van der Waals surface area contributed by atoms with Crippen LogP contribution in [-0.4, -0.2) is 27.3 Å². The summed E-state index contributed by atoms with van der Waals surface area (Å²) in [4.78, 5) is 0. The van der Waals surface area contributed by atoms with Gasteiger partial charge in [0.2, 0.25) is 0 Å². The number of hydrogen-bond donors (Lipinski definition) is 1. The second-order valence-corrected chi connectivity index (χ2v) is 5.69. The van der Waals surface area contributed by atoms with E-state index in [2.05, 4.69) is 43.3 Å². The molecule has 0 aliphatic heterocycles. The number of hydrogen-bond acceptors (Lipinski definition) is 3. The minimum absolute atomic E-state index is 0.825. The number of ether oxygens (including phenoxy) is 2. The van der Waals surface area contributed by atoms with Crippen LogP contribution in [0.4, 0.5) is 0 Å². The molecule has 0 saturated carbocycles. The van der Waals surface area contributed by atoms with Gasteiger partial charge in [0.25, 0.3) is 0 Å². The highest BCUT2D eigenvalue weighted by Gasteiger charge is 1.99. The molecule has 0 radical (unpaired) electrons. The van der Waals surface area contributed by atoms with Crippen molar-refractivity contribution in [3.05, 3.63) is 65.9 Å². The summed E-state index contributed by atoms with van der Waals surface area (Å²) in [6.07, 6.45) is 12.5. The van der Waals surface area contributed by atoms with Gasteiger partial charge in [-0.3, -0.25) is 0 Å². The van der Waals surface area contributed by atoms with E-state index in [0.717, 1.165) is 56.7 Å². The van der Waals surface area contributed by atoms with Crippen LogP contribution in [0.5, 0.6) is 0 Å². The Labute approximate surface area is 154 Å². The lowest BCUT2D eigenvalue weighted by molar-refractivity contribution is 0.281. The molecule has 0 bridgehead atoms. The molecule has 1 N–H and O–H groups in total. The van der Waals surface area contributed by atoms with Gasteiger partial charge in [-0.25, -0.2) is 0 Å². The van der Waals surface area contributed by atoms with E-state index in [9.17, 15) is 0 Å². The largest absolute Gasteiger partial charge is 0.502 e. The summed E-state index contributed by atoms with van der Waals surface area (Å²) < 4.78 is 10.6. The van der Waals surface area contributed by atoms with Gasteiger partial charge in [0, 0.05) is 6.42 Å². The number of nitrogens with one attached hydrogen (secondary N) is 1. The van der Waals surface area contributed by atoms with Crippen LogP contribution in [0.2, 0.25) is 0 Å². The molecule has 0 aliphatic carbocycles. The lowest BCUT2D eigenvalue weighted by atomic mass is 10.1. The second kappa shape index (κ2) is 15.6. The van der Waals surface area contributed by atoms with Crippen molar-refractivity contribution in [1.29, 1.82) is 0 Å². The molecule has 140 valence electrons. The molecule has 25 heavy (non-hydrogen) atoms. The number of rotatable bonds is 14. The second-order valence-electron chi connectivity index (χ2n) is 5.69. The fourth-order valence-corrected chi connectivity index (χ4v) is 2.17. The zero-order valence-corrected chi connectivity index (χ0v) is 16.5. The van der Waals surface area contributed by atoms with E-state index < -0.39 is 0 Å². The molecule has 0 rings (SSSR count). The summed E-state index contributed by atoms with van der Waals surface area (Å²) in [6.45, 7) is 13.5. The third-order valence-electron chi connectivity index (χ3n) is 3.84. The first kappa shape index (κ1) is 23.0. The third kappa shape index (κ3) is 12.1. The van der Waals surface area contributed by atoms with E-state index in [1.54, 1.807) is 14.2 Å². The number of allylic oxidation sites excluding steroid dienone is 5. The monoisotopic (exact) mass is 345 g/mol. The normalized spacial score (nSPS) is 11.5. The van der Waals surface area contributed by atoms with Crippen LogP contribution < -0.4 is 5.32 Å². The van der Waals surface area contributed by atoms with Crippen molar-refractivity contribution in [3.8, 4) is 0 Å². The average molecular weight is 346 g/mol. The van der Waals surface area contributed by atoms with E-state index in [1.807, 2.05) is 19.1 Å². The lowest BCUT2D eigenvalue weighted by Crippen LogP contribution is -2.17. The Morgan fingerprint density at radius 1 is 1.08 bits per heavy atom. The maximum absolute atomic E-state index is 5.36. The molecule has 0 aliphatic rings. The van der Waals surface area contributed by atoms with Crippen LogP contribution >= 0.6 is 0 Å². The maximum atomic E-state index is 5.36.